The molecule has 1 saturated heterocycles. The van der Waals surface area contributed by atoms with E-state index >= 15 is 0 Å². The average Bonchev–Trinajstić information content (AvgIpc) is 2.23. The molecule has 1 unspecified atom stereocenters. The lowest BCUT2D eigenvalue weighted by molar-refractivity contribution is 0.747. The first-order valence-electron chi connectivity index (χ1n) is 5.19. The molecular weight excluding hydrogens is 208 g/mol. The molecule has 0 bridgehead atoms. The van der Waals surface area contributed by atoms with Gasteiger partial charge in [-0.05, 0) is 37.7 Å². The molecule has 1 aliphatic rings. The summed E-state index contributed by atoms with van der Waals surface area (Å²) in [7, 11) is 0. The number of thioether (sulfide) groups is 2. The van der Waals surface area contributed by atoms with Crippen molar-refractivity contribution in [2.24, 2.45) is 0 Å². The lowest BCUT2D eigenvalue weighted by atomic mass is 10.2. The number of aryl methyl sites for hydroxylation is 1. The lowest BCUT2D eigenvalue weighted by Crippen LogP contribution is -2.04. The van der Waals surface area contributed by atoms with E-state index in [-0.39, 0.29) is 0 Å². The lowest BCUT2D eigenvalue weighted by Gasteiger charge is -2.20. The summed E-state index contributed by atoms with van der Waals surface area (Å²) >= 11 is 4.16. The van der Waals surface area contributed by atoms with Crippen molar-refractivity contribution in [1.82, 2.24) is 0 Å². The minimum Gasteiger partial charge on any atom is -0.147 e. The van der Waals surface area contributed by atoms with Crippen molar-refractivity contribution in [3.63, 3.8) is 0 Å². The van der Waals surface area contributed by atoms with Crippen LogP contribution in [0, 0.1) is 6.92 Å². The van der Waals surface area contributed by atoms with E-state index in [1.165, 1.54) is 35.5 Å². The second-order valence-electron chi connectivity index (χ2n) is 3.73. The van der Waals surface area contributed by atoms with Gasteiger partial charge in [0, 0.05) is 4.90 Å². The van der Waals surface area contributed by atoms with Crippen molar-refractivity contribution in [2.75, 3.05) is 5.75 Å². The molecule has 2 heteroatoms. The highest BCUT2D eigenvalue weighted by molar-refractivity contribution is 8.17. The van der Waals surface area contributed by atoms with Crippen LogP contribution in [0.2, 0.25) is 0 Å². The highest BCUT2D eigenvalue weighted by Crippen LogP contribution is 2.37. The summed E-state index contributed by atoms with van der Waals surface area (Å²) in [6.07, 6.45) is 4.20. The molecule has 1 aliphatic heterocycles. The molecule has 76 valence electrons. The first-order chi connectivity index (χ1) is 6.84. The Morgan fingerprint density at radius 1 is 1.21 bits per heavy atom. The van der Waals surface area contributed by atoms with Crippen LogP contribution in [0.3, 0.4) is 0 Å². The number of hydrogen-bond acceptors (Lipinski definition) is 2. The number of benzene rings is 1. The van der Waals surface area contributed by atoms with Gasteiger partial charge in [-0.2, -0.15) is 0 Å². The van der Waals surface area contributed by atoms with Gasteiger partial charge in [-0.1, -0.05) is 24.1 Å². The highest BCUT2D eigenvalue weighted by atomic mass is 32.2. The predicted octanol–water partition coefficient (Wildman–Crippen LogP) is 4.33. The Hall–Kier alpha value is -0.0800. The Labute approximate surface area is 94.9 Å². The molecule has 0 aromatic heterocycles. The maximum Gasteiger partial charge on any atom is 0.0549 e. The third-order valence-electron chi connectivity index (χ3n) is 2.43. The first kappa shape index (κ1) is 10.4. The molecule has 0 radical (unpaired) electrons. The quantitative estimate of drug-likeness (QED) is 0.733. The maximum atomic E-state index is 2.25. The molecule has 0 saturated carbocycles. The molecule has 14 heavy (non-hydrogen) atoms. The minimum atomic E-state index is 0.798. The van der Waals surface area contributed by atoms with Gasteiger partial charge in [-0.15, -0.1) is 23.5 Å². The fourth-order valence-electron chi connectivity index (χ4n) is 1.57. The molecule has 1 aromatic carbocycles. The van der Waals surface area contributed by atoms with Gasteiger partial charge in [0.1, 0.15) is 0 Å². The maximum absolute atomic E-state index is 2.25. The van der Waals surface area contributed by atoms with Gasteiger partial charge in [0.2, 0.25) is 0 Å². The van der Waals surface area contributed by atoms with Crippen LogP contribution in [0.1, 0.15) is 24.8 Å². The van der Waals surface area contributed by atoms with Crippen LogP contribution in [-0.4, -0.2) is 10.3 Å². The van der Waals surface area contributed by atoms with Crippen LogP contribution in [-0.2, 0) is 0 Å². The summed E-state index contributed by atoms with van der Waals surface area (Å²) in [6, 6.07) is 8.90. The average molecular weight is 224 g/mol. The zero-order valence-corrected chi connectivity index (χ0v) is 10.2. The van der Waals surface area contributed by atoms with E-state index in [0.717, 1.165) is 4.58 Å². The number of hydrogen-bond donors (Lipinski definition) is 0. The second-order valence-corrected chi connectivity index (χ2v) is 6.61. The van der Waals surface area contributed by atoms with Crippen LogP contribution in [0.25, 0.3) is 0 Å². The molecule has 1 atom stereocenters. The van der Waals surface area contributed by atoms with Crippen LogP contribution < -0.4 is 0 Å². The van der Waals surface area contributed by atoms with Crippen molar-refractivity contribution in [2.45, 2.75) is 35.7 Å². The molecule has 0 amide bonds. The molecule has 0 aliphatic carbocycles. The summed E-state index contributed by atoms with van der Waals surface area (Å²) in [6.45, 7) is 2.14. The molecule has 0 N–H and O–H groups in total. The molecule has 0 nitrogen and oxygen atoms in total. The first-order valence-corrected chi connectivity index (χ1v) is 7.12. The minimum absolute atomic E-state index is 0.798. The Balaban J connectivity index is 1.92. The zero-order valence-electron chi connectivity index (χ0n) is 8.53. The van der Waals surface area contributed by atoms with E-state index in [1.807, 2.05) is 11.8 Å². The fraction of sp³-hybridized carbons (Fsp3) is 0.500. The summed E-state index contributed by atoms with van der Waals surface area (Å²) in [4.78, 5) is 1.43. The van der Waals surface area contributed by atoms with Crippen molar-refractivity contribution in [3.8, 4) is 0 Å². The van der Waals surface area contributed by atoms with E-state index in [2.05, 4.69) is 43.0 Å². The summed E-state index contributed by atoms with van der Waals surface area (Å²) in [5, 5.41) is 0. The Morgan fingerprint density at radius 2 is 2.00 bits per heavy atom. The Bertz CT molecular complexity index is 273. The summed E-state index contributed by atoms with van der Waals surface area (Å²) < 4.78 is 0.798. The monoisotopic (exact) mass is 224 g/mol. The van der Waals surface area contributed by atoms with E-state index in [4.69, 9.17) is 0 Å². The van der Waals surface area contributed by atoms with Crippen molar-refractivity contribution < 1.29 is 0 Å². The standard InChI is InChI=1S/C12H16S2/c1-10-5-7-11(8-6-10)14-12-4-2-3-9-13-12/h5-8,12H,2-4,9H2,1H3. The van der Waals surface area contributed by atoms with Crippen molar-refractivity contribution in [3.05, 3.63) is 29.8 Å². The van der Waals surface area contributed by atoms with Gasteiger partial charge >= 0.3 is 0 Å². The van der Waals surface area contributed by atoms with Crippen molar-refractivity contribution >= 4 is 23.5 Å². The van der Waals surface area contributed by atoms with E-state index in [0.29, 0.717) is 0 Å². The van der Waals surface area contributed by atoms with Crippen LogP contribution in [0.5, 0.6) is 0 Å². The Morgan fingerprint density at radius 3 is 2.64 bits per heavy atom. The molecule has 1 aromatic rings. The fourth-order valence-corrected chi connectivity index (χ4v) is 4.32. The third kappa shape index (κ3) is 2.96. The molecule has 2 rings (SSSR count). The van der Waals surface area contributed by atoms with Gasteiger partial charge in [-0.3, -0.25) is 0 Å². The largest absolute Gasteiger partial charge is 0.147 e. The van der Waals surface area contributed by atoms with Gasteiger partial charge in [0.15, 0.2) is 0 Å². The smallest absolute Gasteiger partial charge is 0.0549 e. The molecular formula is C12H16S2. The van der Waals surface area contributed by atoms with Gasteiger partial charge in [0.25, 0.3) is 0 Å². The Kier molecular flexibility index (Phi) is 3.82. The second kappa shape index (κ2) is 5.13. The predicted molar refractivity (Wildman–Crippen MR) is 67.1 cm³/mol. The molecule has 1 heterocycles. The molecule has 0 spiro atoms. The van der Waals surface area contributed by atoms with E-state index in [9.17, 15) is 0 Å². The SMILES string of the molecule is Cc1ccc(SC2CCCCS2)cc1. The normalized spacial score (nSPS) is 22.2. The topological polar surface area (TPSA) is 0 Å². The van der Waals surface area contributed by atoms with Crippen LogP contribution in [0.4, 0.5) is 0 Å². The van der Waals surface area contributed by atoms with Gasteiger partial charge < -0.3 is 0 Å². The van der Waals surface area contributed by atoms with Gasteiger partial charge in [-0.25, -0.2) is 0 Å². The number of rotatable bonds is 2. The summed E-state index contributed by atoms with van der Waals surface area (Å²) in [5.41, 5.74) is 1.35. The van der Waals surface area contributed by atoms with Crippen LogP contribution >= 0.6 is 23.5 Å². The highest BCUT2D eigenvalue weighted by Gasteiger charge is 2.14. The summed E-state index contributed by atoms with van der Waals surface area (Å²) in [5.74, 6) is 1.35. The van der Waals surface area contributed by atoms with Crippen LogP contribution in [0.15, 0.2) is 29.2 Å². The van der Waals surface area contributed by atoms with Gasteiger partial charge in [0.05, 0.1) is 4.58 Å². The van der Waals surface area contributed by atoms with Crippen molar-refractivity contribution in [1.29, 1.82) is 0 Å². The molecule has 1 fully saturated rings. The van der Waals surface area contributed by atoms with E-state index in [1.54, 1.807) is 0 Å². The zero-order chi connectivity index (χ0) is 9.80. The third-order valence-corrected chi connectivity index (χ3v) is 5.30. The van der Waals surface area contributed by atoms with E-state index < -0.39 is 0 Å².